The van der Waals surface area contributed by atoms with Crippen LogP contribution in [-0.4, -0.2) is 44.9 Å². The van der Waals surface area contributed by atoms with Crippen molar-refractivity contribution in [1.29, 1.82) is 0 Å². The Morgan fingerprint density at radius 3 is 2.65 bits per heavy atom. The van der Waals surface area contributed by atoms with E-state index in [0.717, 1.165) is 4.31 Å². The molecule has 1 N–H and O–H groups in total. The summed E-state index contributed by atoms with van der Waals surface area (Å²) in [5.41, 5.74) is 0. The molecule has 0 aliphatic heterocycles. The van der Waals surface area contributed by atoms with Crippen molar-refractivity contribution >= 4 is 27.5 Å². The molecule has 23 heavy (non-hydrogen) atoms. The molecule has 0 bridgehead atoms. The molecule has 0 fully saturated rings. The van der Waals surface area contributed by atoms with Crippen LogP contribution in [0.1, 0.15) is 13.8 Å². The number of nitrogens with zero attached hydrogens (tertiary/aromatic N) is 1. The molecule has 0 radical (unpaired) electrons. The number of amides is 1. The molecule has 6 nitrogen and oxygen atoms in total. The van der Waals surface area contributed by atoms with E-state index >= 15 is 0 Å². The second kappa shape index (κ2) is 8.90. The first kappa shape index (κ1) is 19.5. The van der Waals surface area contributed by atoms with Gasteiger partial charge in [0.05, 0.1) is 23.1 Å². The molecule has 1 aromatic rings. The smallest absolute Gasteiger partial charge is 0.243 e. The monoisotopic (exact) mass is 360 g/mol. The summed E-state index contributed by atoms with van der Waals surface area (Å²) in [6.07, 6.45) is 1.52. The molecule has 128 valence electrons. The highest BCUT2D eigenvalue weighted by Gasteiger charge is 2.25. The lowest BCUT2D eigenvalue weighted by atomic mass is 10.3. The van der Waals surface area contributed by atoms with E-state index in [1.54, 1.807) is 6.92 Å². The van der Waals surface area contributed by atoms with Gasteiger partial charge in [-0.25, -0.2) is 8.42 Å². The summed E-state index contributed by atoms with van der Waals surface area (Å²) >= 11 is 6.04. The van der Waals surface area contributed by atoms with Gasteiger partial charge in [0.1, 0.15) is 5.75 Å². The van der Waals surface area contributed by atoms with Gasteiger partial charge in [0.15, 0.2) is 0 Å². The van der Waals surface area contributed by atoms with Crippen LogP contribution in [0.2, 0.25) is 5.02 Å². The van der Waals surface area contributed by atoms with Crippen molar-refractivity contribution in [3.05, 3.63) is 35.9 Å². The highest BCUT2D eigenvalue weighted by atomic mass is 35.5. The van der Waals surface area contributed by atoms with Crippen molar-refractivity contribution in [2.24, 2.45) is 0 Å². The fourth-order valence-electron chi connectivity index (χ4n) is 1.83. The number of nitrogens with one attached hydrogen (secondary N) is 1. The van der Waals surface area contributed by atoms with Crippen LogP contribution in [0, 0.1) is 0 Å². The zero-order chi connectivity index (χ0) is 17.5. The Bertz CT molecular complexity index is 661. The number of ether oxygens (including phenoxy) is 1. The van der Waals surface area contributed by atoms with Gasteiger partial charge in [0.2, 0.25) is 15.9 Å². The van der Waals surface area contributed by atoms with Gasteiger partial charge in [0.25, 0.3) is 0 Å². The van der Waals surface area contributed by atoms with Crippen LogP contribution in [0.4, 0.5) is 0 Å². The minimum Gasteiger partial charge on any atom is -0.492 e. The Morgan fingerprint density at radius 2 is 2.13 bits per heavy atom. The van der Waals surface area contributed by atoms with Crippen molar-refractivity contribution in [2.45, 2.75) is 18.7 Å². The zero-order valence-electron chi connectivity index (χ0n) is 13.2. The van der Waals surface area contributed by atoms with Crippen LogP contribution in [0.15, 0.2) is 35.7 Å². The quantitative estimate of drug-likeness (QED) is 0.684. The van der Waals surface area contributed by atoms with Gasteiger partial charge < -0.3 is 10.1 Å². The van der Waals surface area contributed by atoms with E-state index < -0.39 is 15.9 Å². The lowest BCUT2D eigenvalue weighted by Gasteiger charge is -2.20. The summed E-state index contributed by atoms with van der Waals surface area (Å²) in [7, 11) is -3.82. The van der Waals surface area contributed by atoms with Crippen molar-refractivity contribution in [1.82, 2.24) is 9.62 Å². The standard InChI is InChI=1S/C15H21ClN2O4S/c1-4-9-17-15(19)11-18(5-2)23(20,21)12-7-8-14(22-6-3)13(16)10-12/h4,7-8,10H,1,5-6,9,11H2,2-3H3,(H,17,19). The van der Waals surface area contributed by atoms with Crippen molar-refractivity contribution in [2.75, 3.05) is 26.2 Å². The molecule has 0 atom stereocenters. The van der Waals surface area contributed by atoms with Gasteiger partial charge in [-0.05, 0) is 25.1 Å². The lowest BCUT2D eigenvalue weighted by molar-refractivity contribution is -0.121. The summed E-state index contributed by atoms with van der Waals surface area (Å²) in [6.45, 7) is 7.56. The number of hydrogen-bond donors (Lipinski definition) is 1. The number of halogens is 1. The highest BCUT2D eigenvalue weighted by Crippen LogP contribution is 2.28. The zero-order valence-corrected chi connectivity index (χ0v) is 14.8. The van der Waals surface area contributed by atoms with Crippen LogP contribution in [-0.2, 0) is 14.8 Å². The van der Waals surface area contributed by atoms with Gasteiger partial charge in [-0.15, -0.1) is 6.58 Å². The minimum absolute atomic E-state index is 0.0179. The summed E-state index contributed by atoms with van der Waals surface area (Å²) in [4.78, 5) is 11.8. The van der Waals surface area contributed by atoms with E-state index in [1.165, 1.54) is 24.3 Å². The van der Waals surface area contributed by atoms with Gasteiger partial charge in [-0.3, -0.25) is 4.79 Å². The van der Waals surface area contributed by atoms with Crippen LogP contribution in [0.3, 0.4) is 0 Å². The number of rotatable bonds is 9. The molecule has 0 unspecified atom stereocenters. The van der Waals surface area contributed by atoms with Crippen molar-refractivity contribution in [3.63, 3.8) is 0 Å². The second-order valence-electron chi connectivity index (χ2n) is 4.55. The fourth-order valence-corrected chi connectivity index (χ4v) is 3.56. The summed E-state index contributed by atoms with van der Waals surface area (Å²) in [6, 6.07) is 4.24. The topological polar surface area (TPSA) is 75.7 Å². The number of likely N-dealkylation sites (N-methyl/N-ethyl adjacent to an activating group) is 1. The van der Waals surface area contributed by atoms with Crippen molar-refractivity contribution in [3.8, 4) is 5.75 Å². The molecule has 8 heteroatoms. The van der Waals surface area contributed by atoms with Crippen molar-refractivity contribution < 1.29 is 17.9 Å². The summed E-state index contributed by atoms with van der Waals surface area (Å²) in [5.74, 6) is 0.0206. The summed E-state index contributed by atoms with van der Waals surface area (Å²) < 4.78 is 31.6. The lowest BCUT2D eigenvalue weighted by Crippen LogP contribution is -2.40. The number of carbonyl (C=O) groups is 1. The van der Waals surface area contributed by atoms with Crippen LogP contribution in [0.25, 0.3) is 0 Å². The van der Waals surface area contributed by atoms with E-state index in [-0.39, 0.29) is 29.6 Å². The molecule has 0 spiro atoms. The second-order valence-corrected chi connectivity index (χ2v) is 6.89. The normalized spacial score (nSPS) is 11.3. The molecule has 0 aliphatic carbocycles. The third-order valence-corrected chi connectivity index (χ3v) is 5.17. The van der Waals surface area contributed by atoms with E-state index in [9.17, 15) is 13.2 Å². The highest BCUT2D eigenvalue weighted by molar-refractivity contribution is 7.89. The maximum Gasteiger partial charge on any atom is 0.243 e. The number of benzene rings is 1. The van der Waals surface area contributed by atoms with Gasteiger partial charge in [-0.1, -0.05) is 24.6 Å². The molecule has 0 saturated carbocycles. The van der Waals surface area contributed by atoms with E-state index in [0.29, 0.717) is 12.4 Å². The number of sulfonamides is 1. The predicted octanol–water partition coefficient (Wildman–Crippen LogP) is 2.05. The molecule has 0 aromatic heterocycles. The molecule has 0 aliphatic rings. The van der Waals surface area contributed by atoms with E-state index in [2.05, 4.69) is 11.9 Å². The Hall–Kier alpha value is -1.57. The maximum absolute atomic E-state index is 12.6. The molecular weight excluding hydrogens is 340 g/mol. The van der Waals surface area contributed by atoms with Crippen LogP contribution in [0.5, 0.6) is 5.75 Å². The SMILES string of the molecule is C=CCNC(=O)CN(CC)S(=O)(=O)c1ccc(OCC)c(Cl)c1. The first-order valence-electron chi connectivity index (χ1n) is 7.16. The molecule has 0 saturated heterocycles. The average molecular weight is 361 g/mol. The van der Waals surface area contributed by atoms with Gasteiger partial charge >= 0.3 is 0 Å². The summed E-state index contributed by atoms with van der Waals surface area (Å²) in [5, 5.41) is 2.76. The Morgan fingerprint density at radius 1 is 1.43 bits per heavy atom. The largest absolute Gasteiger partial charge is 0.492 e. The van der Waals surface area contributed by atoms with E-state index in [4.69, 9.17) is 16.3 Å². The molecule has 1 aromatic carbocycles. The van der Waals surface area contributed by atoms with Crippen LogP contribution >= 0.6 is 11.6 Å². The average Bonchev–Trinajstić information content (AvgIpc) is 2.52. The fraction of sp³-hybridized carbons (Fsp3) is 0.400. The maximum atomic E-state index is 12.6. The van der Waals surface area contributed by atoms with Gasteiger partial charge in [-0.2, -0.15) is 4.31 Å². The molecule has 1 rings (SSSR count). The first-order valence-corrected chi connectivity index (χ1v) is 8.98. The molecular formula is C15H21ClN2O4S. The Kier molecular flexibility index (Phi) is 7.54. The third-order valence-electron chi connectivity index (χ3n) is 2.96. The first-order chi connectivity index (χ1) is 10.9. The third kappa shape index (κ3) is 5.23. The molecule has 1 amide bonds. The number of hydrogen-bond acceptors (Lipinski definition) is 4. The van der Waals surface area contributed by atoms with E-state index in [1.807, 2.05) is 6.92 Å². The van der Waals surface area contributed by atoms with Gasteiger partial charge in [0, 0.05) is 13.1 Å². The molecule has 0 heterocycles. The Balaban J connectivity index is 3.00. The predicted molar refractivity (Wildman–Crippen MR) is 90.3 cm³/mol. The number of carbonyl (C=O) groups excluding carboxylic acids is 1. The minimum atomic E-state index is -3.82. The Labute approximate surface area is 142 Å². The van der Waals surface area contributed by atoms with Crippen LogP contribution < -0.4 is 10.1 Å².